The minimum absolute atomic E-state index is 0.139. The van der Waals surface area contributed by atoms with Crippen LogP contribution in [0.15, 0.2) is 0 Å². The minimum Gasteiger partial charge on any atom is -0.468 e. The van der Waals surface area contributed by atoms with Crippen molar-refractivity contribution in [1.82, 2.24) is 5.32 Å². The molecule has 0 spiro atoms. The van der Waals surface area contributed by atoms with E-state index in [-0.39, 0.29) is 18.1 Å². The third kappa shape index (κ3) is 4.15. The summed E-state index contributed by atoms with van der Waals surface area (Å²) in [5.74, 6) is -0.274. The summed E-state index contributed by atoms with van der Waals surface area (Å²) in [6, 6.07) is -0.365. The number of rotatable bonds is 7. The van der Waals surface area contributed by atoms with Crippen molar-refractivity contribution in [2.75, 3.05) is 33.5 Å². The van der Waals surface area contributed by atoms with Crippen LogP contribution in [0.1, 0.15) is 13.3 Å². The summed E-state index contributed by atoms with van der Waals surface area (Å²) < 4.78 is 15.1. The topological polar surface area (TPSA) is 56.8 Å². The molecule has 0 saturated carbocycles. The standard InChI is InChI=1S/C10H19NO4/c1-3-4-11-9(10(12)13-2)7-15-8-5-14-6-8/h8-9,11H,3-7H2,1-2H3. The van der Waals surface area contributed by atoms with Crippen LogP contribution in [0.2, 0.25) is 0 Å². The van der Waals surface area contributed by atoms with Crippen LogP contribution in [-0.4, -0.2) is 51.6 Å². The Morgan fingerprint density at radius 2 is 2.33 bits per heavy atom. The first-order valence-corrected chi connectivity index (χ1v) is 5.28. The predicted molar refractivity (Wildman–Crippen MR) is 54.7 cm³/mol. The van der Waals surface area contributed by atoms with Crippen LogP contribution in [-0.2, 0) is 19.0 Å². The third-order valence-electron chi connectivity index (χ3n) is 2.23. The summed E-state index contributed by atoms with van der Waals surface area (Å²) in [5, 5.41) is 3.08. The number of hydrogen-bond donors (Lipinski definition) is 1. The summed E-state index contributed by atoms with van der Waals surface area (Å²) in [6.07, 6.45) is 1.11. The maximum absolute atomic E-state index is 11.3. The molecule has 0 aromatic rings. The highest BCUT2D eigenvalue weighted by Crippen LogP contribution is 2.06. The Labute approximate surface area is 90.1 Å². The van der Waals surface area contributed by atoms with E-state index in [9.17, 15) is 4.79 Å². The van der Waals surface area contributed by atoms with E-state index in [0.717, 1.165) is 13.0 Å². The summed E-state index contributed by atoms with van der Waals surface area (Å²) in [6.45, 7) is 4.43. The normalized spacial score (nSPS) is 18.3. The van der Waals surface area contributed by atoms with E-state index in [4.69, 9.17) is 9.47 Å². The fraction of sp³-hybridized carbons (Fsp3) is 0.900. The Hall–Kier alpha value is -0.650. The van der Waals surface area contributed by atoms with Crippen LogP contribution < -0.4 is 5.32 Å². The van der Waals surface area contributed by atoms with Gasteiger partial charge in [-0.2, -0.15) is 0 Å². The fourth-order valence-corrected chi connectivity index (χ4v) is 1.21. The summed E-state index contributed by atoms with van der Waals surface area (Å²) in [4.78, 5) is 11.3. The Bertz CT molecular complexity index is 194. The number of carbonyl (C=O) groups is 1. The molecule has 1 aliphatic rings. The zero-order valence-corrected chi connectivity index (χ0v) is 9.32. The lowest BCUT2D eigenvalue weighted by atomic mass is 10.3. The highest BCUT2D eigenvalue weighted by Gasteiger charge is 2.24. The predicted octanol–water partition coefficient (Wildman–Crippen LogP) is -0.0570. The zero-order chi connectivity index (χ0) is 11.1. The van der Waals surface area contributed by atoms with Crippen molar-refractivity contribution < 1.29 is 19.0 Å². The first kappa shape index (κ1) is 12.4. The van der Waals surface area contributed by atoms with E-state index in [1.165, 1.54) is 7.11 Å². The van der Waals surface area contributed by atoms with Gasteiger partial charge >= 0.3 is 5.97 Å². The van der Waals surface area contributed by atoms with Crippen molar-refractivity contribution in [3.63, 3.8) is 0 Å². The largest absolute Gasteiger partial charge is 0.468 e. The fourth-order valence-electron chi connectivity index (χ4n) is 1.21. The van der Waals surface area contributed by atoms with Crippen LogP contribution in [0, 0.1) is 0 Å². The van der Waals surface area contributed by atoms with Gasteiger partial charge in [-0.25, -0.2) is 0 Å². The molecule has 5 heteroatoms. The van der Waals surface area contributed by atoms with Crippen molar-refractivity contribution in [2.45, 2.75) is 25.5 Å². The average Bonchev–Trinajstić information content (AvgIpc) is 2.19. The summed E-state index contributed by atoms with van der Waals surface area (Å²) in [7, 11) is 1.38. The van der Waals surface area contributed by atoms with Crippen LogP contribution in [0.5, 0.6) is 0 Å². The third-order valence-corrected chi connectivity index (χ3v) is 2.23. The van der Waals surface area contributed by atoms with Gasteiger partial charge in [0.05, 0.1) is 26.9 Å². The molecule has 1 atom stereocenters. The van der Waals surface area contributed by atoms with E-state index in [1.807, 2.05) is 6.92 Å². The molecule has 0 aliphatic carbocycles. The molecule has 1 unspecified atom stereocenters. The molecular weight excluding hydrogens is 198 g/mol. The molecule has 1 N–H and O–H groups in total. The SMILES string of the molecule is CCCNC(COC1COC1)C(=O)OC. The van der Waals surface area contributed by atoms with E-state index in [2.05, 4.69) is 10.1 Å². The number of methoxy groups -OCH3 is 1. The van der Waals surface area contributed by atoms with Gasteiger partial charge in [-0.3, -0.25) is 4.79 Å². The molecule has 0 aromatic heterocycles. The molecule has 0 amide bonds. The first-order chi connectivity index (χ1) is 7.27. The quantitative estimate of drug-likeness (QED) is 0.606. The van der Waals surface area contributed by atoms with Gasteiger partial charge < -0.3 is 19.5 Å². The lowest BCUT2D eigenvalue weighted by Gasteiger charge is -2.27. The molecule has 0 radical (unpaired) electrons. The van der Waals surface area contributed by atoms with Crippen LogP contribution >= 0.6 is 0 Å². The smallest absolute Gasteiger partial charge is 0.325 e. The lowest BCUT2D eigenvalue weighted by molar-refractivity contribution is -0.154. The van der Waals surface area contributed by atoms with Crippen LogP contribution in [0.4, 0.5) is 0 Å². The van der Waals surface area contributed by atoms with Crippen molar-refractivity contribution in [1.29, 1.82) is 0 Å². The van der Waals surface area contributed by atoms with Crippen molar-refractivity contribution >= 4 is 5.97 Å². The molecule has 1 fully saturated rings. The van der Waals surface area contributed by atoms with Gasteiger partial charge in [0, 0.05) is 0 Å². The number of ether oxygens (including phenoxy) is 3. The highest BCUT2D eigenvalue weighted by molar-refractivity contribution is 5.75. The highest BCUT2D eigenvalue weighted by atomic mass is 16.6. The molecule has 1 rings (SSSR count). The molecule has 88 valence electrons. The Morgan fingerprint density at radius 3 is 2.80 bits per heavy atom. The Morgan fingerprint density at radius 1 is 1.60 bits per heavy atom. The number of nitrogens with one attached hydrogen (secondary N) is 1. The van der Waals surface area contributed by atoms with Gasteiger partial charge in [-0.05, 0) is 13.0 Å². The van der Waals surface area contributed by atoms with Crippen LogP contribution in [0.3, 0.4) is 0 Å². The second-order valence-electron chi connectivity index (χ2n) is 3.52. The lowest BCUT2D eigenvalue weighted by Crippen LogP contribution is -2.45. The molecule has 5 nitrogen and oxygen atoms in total. The van der Waals surface area contributed by atoms with E-state index < -0.39 is 0 Å². The Kier molecular flexibility index (Phi) is 5.60. The van der Waals surface area contributed by atoms with Crippen molar-refractivity contribution in [3.8, 4) is 0 Å². The number of esters is 1. The van der Waals surface area contributed by atoms with E-state index in [1.54, 1.807) is 0 Å². The van der Waals surface area contributed by atoms with Crippen LogP contribution in [0.25, 0.3) is 0 Å². The van der Waals surface area contributed by atoms with Gasteiger partial charge in [-0.1, -0.05) is 6.92 Å². The molecule has 15 heavy (non-hydrogen) atoms. The summed E-state index contributed by atoms with van der Waals surface area (Å²) in [5.41, 5.74) is 0. The van der Waals surface area contributed by atoms with Crippen molar-refractivity contribution in [3.05, 3.63) is 0 Å². The van der Waals surface area contributed by atoms with Gasteiger partial charge in [0.1, 0.15) is 12.1 Å². The monoisotopic (exact) mass is 217 g/mol. The molecule has 0 aromatic carbocycles. The molecule has 1 heterocycles. The van der Waals surface area contributed by atoms with Gasteiger partial charge in [-0.15, -0.1) is 0 Å². The number of hydrogen-bond acceptors (Lipinski definition) is 5. The maximum atomic E-state index is 11.3. The molecule has 1 saturated heterocycles. The van der Waals surface area contributed by atoms with Gasteiger partial charge in [0.2, 0.25) is 0 Å². The molecule has 1 aliphatic heterocycles. The second kappa shape index (κ2) is 6.76. The Balaban J connectivity index is 2.23. The van der Waals surface area contributed by atoms with E-state index in [0.29, 0.717) is 19.8 Å². The summed E-state index contributed by atoms with van der Waals surface area (Å²) >= 11 is 0. The van der Waals surface area contributed by atoms with Gasteiger partial charge in [0.25, 0.3) is 0 Å². The number of carbonyl (C=O) groups excluding carboxylic acids is 1. The first-order valence-electron chi connectivity index (χ1n) is 5.28. The van der Waals surface area contributed by atoms with E-state index >= 15 is 0 Å². The second-order valence-corrected chi connectivity index (χ2v) is 3.52. The van der Waals surface area contributed by atoms with Crippen molar-refractivity contribution in [2.24, 2.45) is 0 Å². The van der Waals surface area contributed by atoms with Gasteiger partial charge in [0.15, 0.2) is 0 Å². The zero-order valence-electron chi connectivity index (χ0n) is 9.32. The molecule has 0 bridgehead atoms. The average molecular weight is 217 g/mol. The minimum atomic E-state index is -0.365. The molecular formula is C10H19NO4. The maximum Gasteiger partial charge on any atom is 0.325 e.